The van der Waals surface area contributed by atoms with Crippen molar-refractivity contribution in [1.82, 2.24) is 9.88 Å². The molecule has 182 valence electrons. The van der Waals surface area contributed by atoms with Crippen LogP contribution in [0.3, 0.4) is 0 Å². The zero-order valence-corrected chi connectivity index (χ0v) is 20.9. The summed E-state index contributed by atoms with van der Waals surface area (Å²) < 4.78 is 7.23. The number of hydrogen-bond donors (Lipinski definition) is 3. The number of nitrogens with one attached hydrogen (secondary N) is 1. The molecule has 0 aliphatic rings. The minimum atomic E-state index is -1.17. The molecule has 0 bridgehead atoms. The lowest BCUT2D eigenvalue weighted by Crippen LogP contribution is -2.40. The van der Waals surface area contributed by atoms with Crippen LogP contribution in [0.4, 0.5) is 4.79 Å². The highest BCUT2D eigenvalue weighted by Gasteiger charge is 2.34. The highest BCUT2D eigenvalue weighted by molar-refractivity contribution is 7.13. The Morgan fingerprint density at radius 3 is 2.44 bits per heavy atom. The van der Waals surface area contributed by atoms with Crippen molar-refractivity contribution < 1.29 is 19.4 Å². The molecule has 1 unspecified atom stereocenters. The van der Waals surface area contributed by atoms with E-state index in [1.165, 1.54) is 11.3 Å². The Morgan fingerprint density at radius 2 is 1.91 bits per heavy atom. The molecule has 34 heavy (non-hydrogen) atoms. The third kappa shape index (κ3) is 5.41. The Balaban J connectivity index is 2.48. The number of pyridine rings is 1. The molecule has 2 amide bonds. The number of nitrogens with two attached hydrogens (primary N) is 1. The molecule has 0 fully saturated rings. The molecule has 0 aliphatic carbocycles. The minimum Gasteiger partial charge on any atom is -0.484 e. The summed E-state index contributed by atoms with van der Waals surface area (Å²) in [4.78, 5) is 37.8. The van der Waals surface area contributed by atoms with E-state index in [0.717, 1.165) is 10.4 Å². The minimum absolute atomic E-state index is 0.147. The molecular weight excluding hydrogens is 454 g/mol. The topological polar surface area (TPSA) is 124 Å². The van der Waals surface area contributed by atoms with Gasteiger partial charge in [0.15, 0.2) is 6.61 Å². The number of aromatic nitrogens is 1. The summed E-state index contributed by atoms with van der Waals surface area (Å²) in [7, 11) is 0. The summed E-state index contributed by atoms with van der Waals surface area (Å²) in [5, 5.41) is 15.4. The zero-order chi connectivity index (χ0) is 25.2. The van der Waals surface area contributed by atoms with Gasteiger partial charge in [0.05, 0.1) is 11.7 Å². The van der Waals surface area contributed by atoms with Gasteiger partial charge in [-0.3, -0.25) is 9.59 Å². The van der Waals surface area contributed by atoms with Crippen LogP contribution in [0.1, 0.15) is 46.4 Å². The molecule has 3 aromatic rings. The van der Waals surface area contributed by atoms with Crippen LogP contribution in [-0.2, 0) is 11.3 Å². The first-order chi connectivity index (χ1) is 15.9. The van der Waals surface area contributed by atoms with E-state index in [4.69, 9.17) is 10.5 Å². The van der Waals surface area contributed by atoms with Gasteiger partial charge < -0.3 is 25.5 Å². The largest absolute Gasteiger partial charge is 0.484 e. The predicted octanol–water partition coefficient (Wildman–Crippen LogP) is 4.60. The number of fused-ring (bicyclic) bond motifs is 1. The summed E-state index contributed by atoms with van der Waals surface area (Å²) >= 11 is 1.50. The number of thiophene rings is 1. The Kier molecular flexibility index (Phi) is 7.35. The summed E-state index contributed by atoms with van der Waals surface area (Å²) in [5.74, 6) is -0.0617. The normalized spacial score (nSPS) is 12.6. The fourth-order valence-corrected chi connectivity index (χ4v) is 4.83. The van der Waals surface area contributed by atoms with Crippen LogP contribution in [0.2, 0.25) is 0 Å². The predicted molar refractivity (Wildman–Crippen MR) is 134 cm³/mol. The second-order valence-corrected chi connectivity index (χ2v) is 10.7. The summed E-state index contributed by atoms with van der Waals surface area (Å²) in [5.41, 5.74) is 5.86. The number of amides is 2. The standard InChI is InChI=1S/C25H31N3O5S/c1-14(2)12-28-21(22(25(3,4)5)27-24(31)32)20(18-7-6-10-34-18)17-11-15(33-13-19(26)29)8-9-16(17)23(28)30/h6-11,14,22,27H,12-13H2,1-5H3,(H2,26,29)(H,31,32). The van der Waals surface area contributed by atoms with Gasteiger partial charge in [-0.1, -0.05) is 40.7 Å². The molecule has 1 aromatic carbocycles. The molecule has 0 saturated heterocycles. The number of ether oxygens (including phenoxy) is 1. The van der Waals surface area contributed by atoms with E-state index in [0.29, 0.717) is 28.8 Å². The quantitative estimate of drug-likeness (QED) is 0.430. The maximum atomic E-state index is 13.8. The van der Waals surface area contributed by atoms with Crippen molar-refractivity contribution in [3.63, 3.8) is 0 Å². The number of carbonyl (C=O) groups excluding carboxylic acids is 1. The third-order valence-electron chi connectivity index (χ3n) is 5.39. The number of hydrogen-bond acceptors (Lipinski definition) is 5. The lowest BCUT2D eigenvalue weighted by atomic mass is 9.81. The van der Waals surface area contributed by atoms with E-state index in [2.05, 4.69) is 5.32 Å². The van der Waals surface area contributed by atoms with Crippen LogP contribution in [0.15, 0.2) is 40.5 Å². The Morgan fingerprint density at radius 1 is 1.21 bits per heavy atom. The van der Waals surface area contributed by atoms with Gasteiger partial charge in [-0.05, 0) is 41.0 Å². The van der Waals surface area contributed by atoms with Crippen molar-refractivity contribution in [3.05, 3.63) is 51.8 Å². The van der Waals surface area contributed by atoms with E-state index in [-0.39, 0.29) is 18.1 Å². The highest BCUT2D eigenvalue weighted by atomic mass is 32.1. The molecule has 0 saturated carbocycles. The molecule has 8 nitrogen and oxygen atoms in total. The van der Waals surface area contributed by atoms with Gasteiger partial charge in [-0.15, -0.1) is 11.3 Å². The monoisotopic (exact) mass is 485 g/mol. The number of benzene rings is 1. The Labute approximate surface area is 202 Å². The zero-order valence-electron chi connectivity index (χ0n) is 20.0. The van der Waals surface area contributed by atoms with Gasteiger partial charge in [0, 0.05) is 27.8 Å². The van der Waals surface area contributed by atoms with E-state index in [1.54, 1.807) is 22.8 Å². The molecule has 9 heteroatoms. The van der Waals surface area contributed by atoms with Gasteiger partial charge >= 0.3 is 6.09 Å². The van der Waals surface area contributed by atoms with Gasteiger partial charge in [-0.25, -0.2) is 4.79 Å². The molecule has 0 spiro atoms. The van der Waals surface area contributed by atoms with Gasteiger partial charge in [0.25, 0.3) is 11.5 Å². The Bertz CT molecular complexity index is 1260. The number of nitrogens with zero attached hydrogens (tertiary/aromatic N) is 1. The molecular formula is C25H31N3O5S. The lowest BCUT2D eigenvalue weighted by Gasteiger charge is -2.35. The van der Waals surface area contributed by atoms with E-state index >= 15 is 0 Å². The van der Waals surface area contributed by atoms with Crippen molar-refractivity contribution in [1.29, 1.82) is 0 Å². The lowest BCUT2D eigenvalue weighted by molar-refractivity contribution is -0.119. The van der Waals surface area contributed by atoms with Crippen LogP contribution in [0.5, 0.6) is 5.75 Å². The Hall–Kier alpha value is -3.33. The third-order valence-corrected chi connectivity index (χ3v) is 6.27. The molecule has 0 radical (unpaired) electrons. The molecule has 2 aromatic heterocycles. The number of carboxylic acid groups (broad SMARTS) is 1. The van der Waals surface area contributed by atoms with Gasteiger partial charge in [0.1, 0.15) is 5.75 Å². The smallest absolute Gasteiger partial charge is 0.405 e. The summed E-state index contributed by atoms with van der Waals surface area (Å²) in [6, 6.07) is 8.23. The second kappa shape index (κ2) is 9.89. The van der Waals surface area contributed by atoms with E-state index in [1.807, 2.05) is 52.1 Å². The summed E-state index contributed by atoms with van der Waals surface area (Å²) in [6.45, 7) is 9.98. The second-order valence-electron chi connectivity index (χ2n) is 9.76. The number of primary amides is 1. The highest BCUT2D eigenvalue weighted by Crippen LogP contribution is 2.43. The number of carbonyl (C=O) groups is 2. The first kappa shape index (κ1) is 25.3. The van der Waals surface area contributed by atoms with E-state index in [9.17, 15) is 19.5 Å². The van der Waals surface area contributed by atoms with Gasteiger partial charge in [0.2, 0.25) is 0 Å². The van der Waals surface area contributed by atoms with Crippen LogP contribution < -0.4 is 21.3 Å². The molecule has 0 aliphatic heterocycles. The maximum absolute atomic E-state index is 13.8. The van der Waals surface area contributed by atoms with Crippen molar-refractivity contribution in [2.45, 2.75) is 47.2 Å². The SMILES string of the molecule is CC(C)Cn1c(C(NC(=O)O)C(C)(C)C)c(-c2cccs2)c2cc(OCC(N)=O)ccc2c1=O. The van der Waals surface area contributed by atoms with Crippen molar-refractivity contribution in [2.75, 3.05) is 6.61 Å². The maximum Gasteiger partial charge on any atom is 0.405 e. The van der Waals surface area contributed by atoms with Crippen molar-refractivity contribution >= 4 is 34.1 Å². The first-order valence-corrected chi connectivity index (χ1v) is 11.9. The average molecular weight is 486 g/mol. The van der Waals surface area contributed by atoms with Crippen molar-refractivity contribution in [2.24, 2.45) is 17.1 Å². The summed E-state index contributed by atoms with van der Waals surface area (Å²) in [6.07, 6.45) is -1.17. The van der Waals surface area contributed by atoms with Crippen LogP contribution in [-0.4, -0.2) is 28.3 Å². The molecule has 1 atom stereocenters. The van der Waals surface area contributed by atoms with Crippen LogP contribution in [0.25, 0.3) is 21.2 Å². The fourth-order valence-electron chi connectivity index (χ4n) is 4.03. The first-order valence-electron chi connectivity index (χ1n) is 11.0. The fraction of sp³-hybridized carbons (Fsp3) is 0.400. The number of rotatable bonds is 8. The average Bonchev–Trinajstić information content (AvgIpc) is 3.25. The molecule has 3 rings (SSSR count). The van der Waals surface area contributed by atoms with E-state index < -0.39 is 23.5 Å². The molecule has 4 N–H and O–H groups in total. The van der Waals surface area contributed by atoms with Crippen molar-refractivity contribution in [3.8, 4) is 16.2 Å². The van der Waals surface area contributed by atoms with Gasteiger partial charge in [-0.2, -0.15) is 0 Å². The van der Waals surface area contributed by atoms with Crippen LogP contribution >= 0.6 is 11.3 Å². The van der Waals surface area contributed by atoms with Crippen LogP contribution in [0, 0.1) is 11.3 Å². The molecule has 2 heterocycles.